The van der Waals surface area contributed by atoms with Crippen molar-refractivity contribution in [2.45, 2.75) is 44.7 Å². The summed E-state index contributed by atoms with van der Waals surface area (Å²) in [7, 11) is 1.39. The normalized spacial score (nSPS) is 19.0. The minimum absolute atomic E-state index is 0.258. The highest BCUT2D eigenvalue weighted by molar-refractivity contribution is 5.80. The molecule has 1 fully saturated rings. The molecule has 0 N–H and O–H groups in total. The maximum absolute atomic E-state index is 12.4. The van der Waals surface area contributed by atoms with Gasteiger partial charge in [-0.3, -0.25) is 14.5 Å². The zero-order chi connectivity index (χ0) is 18.1. The van der Waals surface area contributed by atoms with Crippen LogP contribution in [0.15, 0.2) is 36.4 Å². The lowest BCUT2D eigenvalue weighted by Crippen LogP contribution is -2.48. The molecule has 2 atom stereocenters. The van der Waals surface area contributed by atoms with Crippen molar-refractivity contribution >= 4 is 18.0 Å². The van der Waals surface area contributed by atoms with Crippen LogP contribution >= 0.6 is 0 Å². The molecule has 1 aliphatic rings. The number of ether oxygens (including phenoxy) is 2. The van der Waals surface area contributed by atoms with Crippen molar-refractivity contribution in [3.63, 3.8) is 0 Å². The van der Waals surface area contributed by atoms with Gasteiger partial charge in [0.25, 0.3) is 0 Å². The van der Waals surface area contributed by atoms with Gasteiger partial charge in [0.2, 0.25) is 0 Å². The minimum Gasteiger partial charge on any atom is -0.468 e. The standard InChI is InChI=1S/C20H27NO4/c1-3-25-20(23)18(21-15-9-14-17(21)19(22)24-2)13-8-7-12-16-10-5-4-6-11-16/h4-7,10-12,17-18H,3,8-9,13-15H2,1-2H3/b12-7-/t17-,18?/m0/s1. The second-order valence-corrected chi connectivity index (χ2v) is 6.08. The van der Waals surface area contributed by atoms with Gasteiger partial charge in [0.15, 0.2) is 0 Å². The summed E-state index contributed by atoms with van der Waals surface area (Å²) in [4.78, 5) is 26.3. The molecule has 0 bridgehead atoms. The van der Waals surface area contributed by atoms with Crippen molar-refractivity contribution < 1.29 is 19.1 Å². The molecule has 1 aliphatic heterocycles. The third-order valence-electron chi connectivity index (χ3n) is 4.44. The van der Waals surface area contributed by atoms with Crippen LogP contribution in [0.4, 0.5) is 0 Å². The van der Waals surface area contributed by atoms with Gasteiger partial charge in [-0.25, -0.2) is 0 Å². The van der Waals surface area contributed by atoms with Crippen molar-refractivity contribution in [3.05, 3.63) is 42.0 Å². The van der Waals surface area contributed by atoms with E-state index in [0.717, 1.165) is 24.8 Å². The summed E-state index contributed by atoms with van der Waals surface area (Å²) in [5.74, 6) is -0.530. The van der Waals surface area contributed by atoms with Crippen LogP contribution in [0.25, 0.3) is 6.08 Å². The summed E-state index contributed by atoms with van der Waals surface area (Å²) < 4.78 is 10.1. The molecule has 0 aromatic heterocycles. The number of rotatable bonds is 8. The zero-order valence-corrected chi connectivity index (χ0v) is 15.0. The first-order valence-electron chi connectivity index (χ1n) is 8.89. The maximum atomic E-state index is 12.4. The molecule has 1 aromatic carbocycles. The Bertz CT molecular complexity index is 585. The van der Waals surface area contributed by atoms with Crippen LogP contribution in [0.2, 0.25) is 0 Å². The van der Waals surface area contributed by atoms with Gasteiger partial charge in [0, 0.05) is 0 Å². The van der Waals surface area contributed by atoms with Gasteiger partial charge in [-0.2, -0.15) is 0 Å². The molecule has 5 heteroatoms. The third kappa shape index (κ3) is 5.43. The number of carbonyl (C=O) groups is 2. The highest BCUT2D eigenvalue weighted by Crippen LogP contribution is 2.24. The van der Waals surface area contributed by atoms with Gasteiger partial charge in [-0.05, 0) is 44.7 Å². The van der Waals surface area contributed by atoms with E-state index < -0.39 is 6.04 Å². The molecule has 1 aromatic rings. The van der Waals surface area contributed by atoms with Crippen LogP contribution in [0.5, 0.6) is 0 Å². The maximum Gasteiger partial charge on any atom is 0.323 e. The summed E-state index contributed by atoms with van der Waals surface area (Å²) in [5, 5.41) is 0. The number of nitrogens with zero attached hydrogens (tertiary/aromatic N) is 1. The molecule has 1 saturated heterocycles. The smallest absolute Gasteiger partial charge is 0.323 e. The number of likely N-dealkylation sites (tertiary alicyclic amines) is 1. The predicted octanol–water partition coefficient (Wildman–Crippen LogP) is 3.05. The lowest BCUT2D eigenvalue weighted by molar-refractivity contribution is -0.154. The Morgan fingerprint density at radius 2 is 2.08 bits per heavy atom. The van der Waals surface area contributed by atoms with Gasteiger partial charge in [-0.1, -0.05) is 42.5 Å². The fraction of sp³-hybridized carbons (Fsp3) is 0.500. The number of esters is 2. The van der Waals surface area contributed by atoms with Crippen LogP contribution in [0, 0.1) is 0 Å². The van der Waals surface area contributed by atoms with Crippen molar-refractivity contribution in [2.24, 2.45) is 0 Å². The molecule has 0 amide bonds. The average molecular weight is 345 g/mol. The molecule has 136 valence electrons. The zero-order valence-electron chi connectivity index (χ0n) is 15.0. The monoisotopic (exact) mass is 345 g/mol. The van der Waals surface area contributed by atoms with E-state index in [2.05, 4.69) is 6.08 Å². The third-order valence-corrected chi connectivity index (χ3v) is 4.44. The summed E-state index contributed by atoms with van der Waals surface area (Å²) in [5.41, 5.74) is 1.13. The number of allylic oxidation sites excluding steroid dienone is 1. The first-order chi connectivity index (χ1) is 12.2. The predicted molar refractivity (Wildman–Crippen MR) is 96.9 cm³/mol. The number of methoxy groups -OCH3 is 1. The largest absolute Gasteiger partial charge is 0.468 e. The molecule has 0 aliphatic carbocycles. The summed E-state index contributed by atoms with van der Waals surface area (Å²) in [6.07, 6.45) is 7.07. The Hall–Kier alpha value is -2.14. The van der Waals surface area contributed by atoms with Crippen LogP contribution in [0.3, 0.4) is 0 Å². The summed E-state index contributed by atoms with van der Waals surface area (Å²) in [6.45, 7) is 2.85. The molecule has 1 unspecified atom stereocenters. The van der Waals surface area contributed by atoms with Gasteiger partial charge < -0.3 is 9.47 Å². The minimum atomic E-state index is -0.410. The van der Waals surface area contributed by atoms with Crippen LogP contribution in [0.1, 0.15) is 38.2 Å². The lowest BCUT2D eigenvalue weighted by Gasteiger charge is -2.29. The average Bonchev–Trinajstić information content (AvgIpc) is 3.11. The number of benzene rings is 1. The van der Waals surface area contributed by atoms with Gasteiger partial charge in [0.1, 0.15) is 12.1 Å². The Morgan fingerprint density at radius 3 is 2.76 bits per heavy atom. The Labute approximate surface area is 149 Å². The molecule has 25 heavy (non-hydrogen) atoms. The molecule has 1 heterocycles. The van der Waals surface area contributed by atoms with Crippen molar-refractivity contribution in [1.82, 2.24) is 4.90 Å². The van der Waals surface area contributed by atoms with E-state index in [-0.39, 0.29) is 18.0 Å². The number of hydrogen-bond donors (Lipinski definition) is 0. The quantitative estimate of drug-likeness (QED) is 0.678. The second kappa shape index (κ2) is 9.99. The first-order valence-corrected chi connectivity index (χ1v) is 8.89. The second-order valence-electron chi connectivity index (χ2n) is 6.08. The first kappa shape index (κ1) is 19.2. The molecule has 0 saturated carbocycles. The molecular formula is C20H27NO4. The van der Waals surface area contributed by atoms with Crippen molar-refractivity contribution in [2.75, 3.05) is 20.3 Å². The van der Waals surface area contributed by atoms with E-state index in [1.807, 2.05) is 41.3 Å². The van der Waals surface area contributed by atoms with E-state index in [4.69, 9.17) is 9.47 Å². The highest BCUT2D eigenvalue weighted by Gasteiger charge is 2.39. The van der Waals surface area contributed by atoms with E-state index in [0.29, 0.717) is 19.6 Å². The van der Waals surface area contributed by atoms with Gasteiger partial charge in [-0.15, -0.1) is 0 Å². The number of carbonyl (C=O) groups excluding carboxylic acids is 2. The number of hydrogen-bond acceptors (Lipinski definition) is 5. The molecule has 0 spiro atoms. The van der Waals surface area contributed by atoms with E-state index in [9.17, 15) is 9.59 Å². The molecule has 0 radical (unpaired) electrons. The van der Waals surface area contributed by atoms with Crippen LogP contribution in [-0.4, -0.2) is 49.2 Å². The molecule has 5 nitrogen and oxygen atoms in total. The van der Waals surface area contributed by atoms with E-state index >= 15 is 0 Å². The fourth-order valence-electron chi connectivity index (χ4n) is 3.25. The van der Waals surface area contributed by atoms with Crippen molar-refractivity contribution in [1.29, 1.82) is 0 Å². The molecule has 2 rings (SSSR count). The highest BCUT2D eigenvalue weighted by atomic mass is 16.5. The SMILES string of the molecule is CCOC(=O)C(CC/C=C\c1ccccc1)N1CCC[C@H]1C(=O)OC. The Morgan fingerprint density at radius 1 is 1.32 bits per heavy atom. The Kier molecular flexibility index (Phi) is 7.67. The van der Waals surface area contributed by atoms with Crippen molar-refractivity contribution in [3.8, 4) is 0 Å². The Balaban J connectivity index is 2.01. The van der Waals surface area contributed by atoms with Crippen LogP contribution < -0.4 is 0 Å². The summed E-state index contributed by atoms with van der Waals surface area (Å²) >= 11 is 0. The molecular weight excluding hydrogens is 318 g/mol. The van der Waals surface area contributed by atoms with Crippen LogP contribution in [-0.2, 0) is 19.1 Å². The van der Waals surface area contributed by atoms with E-state index in [1.165, 1.54) is 7.11 Å². The van der Waals surface area contributed by atoms with E-state index in [1.54, 1.807) is 6.92 Å². The fourth-order valence-corrected chi connectivity index (χ4v) is 3.25. The topological polar surface area (TPSA) is 55.8 Å². The summed E-state index contributed by atoms with van der Waals surface area (Å²) in [6, 6.07) is 9.28. The van der Waals surface area contributed by atoms with Gasteiger partial charge in [0.05, 0.1) is 13.7 Å². The lowest BCUT2D eigenvalue weighted by atomic mass is 10.1. The van der Waals surface area contributed by atoms with Gasteiger partial charge >= 0.3 is 11.9 Å².